The highest BCUT2D eigenvalue weighted by Gasteiger charge is 2.25. The first-order valence-corrected chi connectivity index (χ1v) is 10.4. The number of carbonyl (C=O) groups excluding carboxylic acids is 2. The number of nitrogens with zero attached hydrogens (tertiary/aromatic N) is 1. The van der Waals surface area contributed by atoms with Gasteiger partial charge in [0.25, 0.3) is 0 Å². The molecule has 0 unspecified atom stereocenters. The Kier molecular flexibility index (Phi) is 5.79. The number of likely N-dealkylation sites (tertiary alicyclic amines) is 1. The number of carbonyl (C=O) groups is 2. The van der Waals surface area contributed by atoms with Gasteiger partial charge >= 0.3 is 0 Å². The van der Waals surface area contributed by atoms with Crippen LogP contribution < -0.4 is 5.32 Å². The topological polar surface area (TPSA) is 49.4 Å². The van der Waals surface area contributed by atoms with Gasteiger partial charge in [0, 0.05) is 17.7 Å². The molecule has 1 N–H and O–H groups in total. The van der Waals surface area contributed by atoms with Crippen LogP contribution in [0.4, 0.5) is 5.69 Å². The summed E-state index contributed by atoms with van der Waals surface area (Å²) in [6, 6.07) is 14.2. The zero-order chi connectivity index (χ0) is 19.5. The lowest BCUT2D eigenvalue weighted by Gasteiger charge is -2.31. The van der Waals surface area contributed by atoms with E-state index in [-0.39, 0.29) is 11.7 Å². The van der Waals surface area contributed by atoms with E-state index in [2.05, 4.69) is 40.5 Å². The molecule has 146 valence electrons. The van der Waals surface area contributed by atoms with Crippen LogP contribution in [0.25, 0.3) is 0 Å². The van der Waals surface area contributed by atoms with E-state index in [1.807, 2.05) is 0 Å². The van der Waals surface area contributed by atoms with Gasteiger partial charge in [0.15, 0.2) is 5.78 Å². The van der Waals surface area contributed by atoms with Crippen molar-refractivity contribution in [1.82, 2.24) is 4.90 Å². The van der Waals surface area contributed by atoms with Crippen molar-refractivity contribution in [3.8, 4) is 0 Å². The second-order valence-corrected chi connectivity index (χ2v) is 8.21. The molecule has 2 heterocycles. The second kappa shape index (κ2) is 8.46. The average molecular weight is 397 g/mol. The molecular formula is C23H25ClN2O2. The number of ketones is 1. The highest BCUT2D eigenvalue weighted by molar-refractivity contribution is 6.35. The number of benzene rings is 2. The Morgan fingerprint density at radius 3 is 2.57 bits per heavy atom. The van der Waals surface area contributed by atoms with Crippen LogP contribution in [0, 0.1) is 5.92 Å². The largest absolute Gasteiger partial charge is 0.326 e. The summed E-state index contributed by atoms with van der Waals surface area (Å²) in [7, 11) is 0. The van der Waals surface area contributed by atoms with E-state index < -0.39 is 0 Å². The quantitative estimate of drug-likeness (QED) is 0.764. The predicted octanol–water partition coefficient (Wildman–Crippen LogP) is 4.36. The van der Waals surface area contributed by atoms with E-state index in [9.17, 15) is 9.59 Å². The molecule has 0 radical (unpaired) electrons. The lowest BCUT2D eigenvalue weighted by Crippen LogP contribution is -2.38. The van der Waals surface area contributed by atoms with Crippen molar-refractivity contribution in [2.45, 2.75) is 32.1 Å². The van der Waals surface area contributed by atoms with Crippen molar-refractivity contribution in [3.63, 3.8) is 0 Å². The third kappa shape index (κ3) is 4.29. The minimum atomic E-state index is 0.000942. The maximum absolute atomic E-state index is 12.8. The van der Waals surface area contributed by atoms with Crippen molar-refractivity contribution in [1.29, 1.82) is 0 Å². The molecule has 1 amide bonds. The van der Waals surface area contributed by atoms with Crippen LogP contribution in [0.3, 0.4) is 0 Å². The van der Waals surface area contributed by atoms with Gasteiger partial charge in [0.2, 0.25) is 5.91 Å². The molecule has 4 rings (SSSR count). The number of halogens is 1. The summed E-state index contributed by atoms with van der Waals surface area (Å²) in [6.45, 7) is 2.30. The van der Waals surface area contributed by atoms with E-state index in [4.69, 9.17) is 11.6 Å². The zero-order valence-corrected chi connectivity index (χ0v) is 16.7. The number of rotatable bonds is 5. The summed E-state index contributed by atoms with van der Waals surface area (Å²) in [4.78, 5) is 26.6. The van der Waals surface area contributed by atoms with Crippen LogP contribution in [0.5, 0.6) is 0 Å². The van der Waals surface area contributed by atoms with E-state index in [1.54, 1.807) is 12.1 Å². The highest BCUT2D eigenvalue weighted by Crippen LogP contribution is 2.32. The van der Waals surface area contributed by atoms with Gasteiger partial charge in [-0.15, -0.1) is 0 Å². The summed E-state index contributed by atoms with van der Waals surface area (Å²) in [5, 5.41) is 3.33. The number of Topliss-reactive ketones (excluding diaryl/α,β-unsaturated/α-hetero) is 1. The van der Waals surface area contributed by atoms with E-state index in [0.29, 0.717) is 35.9 Å². The fourth-order valence-electron chi connectivity index (χ4n) is 4.23. The van der Waals surface area contributed by atoms with Crippen LogP contribution in [-0.2, 0) is 17.6 Å². The van der Waals surface area contributed by atoms with Gasteiger partial charge in [-0.25, -0.2) is 0 Å². The van der Waals surface area contributed by atoms with Gasteiger partial charge in [0.05, 0.1) is 11.6 Å². The smallest absolute Gasteiger partial charge is 0.224 e. The molecule has 0 saturated carbocycles. The monoisotopic (exact) mass is 396 g/mol. The third-order valence-electron chi connectivity index (χ3n) is 5.86. The molecule has 0 atom stereocenters. The summed E-state index contributed by atoms with van der Waals surface area (Å²) < 4.78 is 0. The van der Waals surface area contributed by atoms with Crippen molar-refractivity contribution < 1.29 is 9.59 Å². The minimum absolute atomic E-state index is 0.000942. The van der Waals surface area contributed by atoms with E-state index in [0.717, 1.165) is 43.6 Å². The first-order chi connectivity index (χ1) is 13.6. The van der Waals surface area contributed by atoms with Gasteiger partial charge in [-0.1, -0.05) is 41.9 Å². The Morgan fingerprint density at radius 2 is 1.82 bits per heavy atom. The summed E-state index contributed by atoms with van der Waals surface area (Å²) in [5.41, 5.74) is 3.58. The van der Waals surface area contributed by atoms with Crippen LogP contribution in [0.15, 0.2) is 42.5 Å². The lowest BCUT2D eigenvalue weighted by atomic mass is 9.90. The molecule has 0 aliphatic carbocycles. The first-order valence-electron chi connectivity index (χ1n) is 10.0. The maximum atomic E-state index is 12.8. The standard InChI is InChI=1S/C23H25ClN2O2/c24-23-18-7-9-22(28)25-20(18)8-6-19(23)21(27)15-26-12-10-17(11-13-26)14-16-4-2-1-3-5-16/h1-6,8,17H,7,9-15H2,(H,25,28). The molecular weight excluding hydrogens is 372 g/mol. The molecule has 2 aromatic carbocycles. The Labute approximate surface area is 170 Å². The lowest BCUT2D eigenvalue weighted by molar-refractivity contribution is -0.116. The Balaban J connectivity index is 1.34. The van der Waals surface area contributed by atoms with Gasteiger partial charge in [-0.3, -0.25) is 14.5 Å². The molecule has 2 aromatic rings. The van der Waals surface area contributed by atoms with Gasteiger partial charge in [-0.05, 0) is 68.0 Å². The predicted molar refractivity (Wildman–Crippen MR) is 112 cm³/mol. The summed E-state index contributed by atoms with van der Waals surface area (Å²) in [6.07, 6.45) is 4.36. The molecule has 2 aliphatic rings. The molecule has 5 heteroatoms. The van der Waals surface area contributed by atoms with Crippen LogP contribution >= 0.6 is 11.6 Å². The van der Waals surface area contributed by atoms with Crippen molar-refractivity contribution in [2.75, 3.05) is 25.0 Å². The van der Waals surface area contributed by atoms with Crippen molar-refractivity contribution in [2.24, 2.45) is 5.92 Å². The summed E-state index contributed by atoms with van der Waals surface area (Å²) in [5.74, 6) is 0.747. The van der Waals surface area contributed by atoms with E-state index >= 15 is 0 Å². The van der Waals surface area contributed by atoms with Crippen LogP contribution in [0.1, 0.15) is 40.7 Å². The first kappa shape index (κ1) is 19.2. The van der Waals surface area contributed by atoms with Crippen molar-refractivity contribution >= 4 is 29.0 Å². The van der Waals surface area contributed by atoms with Gasteiger partial charge in [0.1, 0.15) is 0 Å². The molecule has 2 aliphatic heterocycles. The molecule has 1 saturated heterocycles. The molecule has 0 bridgehead atoms. The molecule has 1 fully saturated rings. The third-order valence-corrected chi connectivity index (χ3v) is 6.29. The zero-order valence-electron chi connectivity index (χ0n) is 15.9. The number of piperidine rings is 1. The van der Waals surface area contributed by atoms with Crippen molar-refractivity contribution in [3.05, 3.63) is 64.2 Å². The highest BCUT2D eigenvalue weighted by atomic mass is 35.5. The van der Waals surface area contributed by atoms with Gasteiger partial charge < -0.3 is 5.32 Å². The Bertz CT molecular complexity index is 874. The van der Waals surface area contributed by atoms with E-state index in [1.165, 1.54) is 5.56 Å². The fourth-order valence-corrected chi connectivity index (χ4v) is 4.60. The molecule has 0 aromatic heterocycles. The van der Waals surface area contributed by atoms with Crippen LogP contribution in [0.2, 0.25) is 5.02 Å². The normalized spacial score (nSPS) is 17.8. The number of hydrogen-bond donors (Lipinski definition) is 1. The number of amides is 1. The number of fused-ring (bicyclic) bond motifs is 1. The molecule has 28 heavy (non-hydrogen) atoms. The fraction of sp³-hybridized carbons (Fsp3) is 0.391. The second-order valence-electron chi connectivity index (χ2n) is 7.83. The number of hydrogen-bond acceptors (Lipinski definition) is 3. The Morgan fingerprint density at radius 1 is 1.07 bits per heavy atom. The maximum Gasteiger partial charge on any atom is 0.224 e. The number of nitrogens with one attached hydrogen (secondary N) is 1. The average Bonchev–Trinajstić information content (AvgIpc) is 2.70. The Hall–Kier alpha value is -2.17. The summed E-state index contributed by atoms with van der Waals surface area (Å²) >= 11 is 6.51. The van der Waals surface area contributed by atoms with Crippen LogP contribution in [-0.4, -0.2) is 36.2 Å². The molecule has 4 nitrogen and oxygen atoms in total. The number of anilines is 1. The SMILES string of the molecule is O=C1CCc2c(ccc(C(=O)CN3CCC(Cc4ccccc4)CC3)c2Cl)N1. The van der Waals surface area contributed by atoms with Gasteiger partial charge in [-0.2, -0.15) is 0 Å². The minimum Gasteiger partial charge on any atom is -0.326 e. The molecule has 0 spiro atoms.